The largest absolute Gasteiger partial charge is 0.500 e. The minimum atomic E-state index is -0.759. The highest BCUT2D eigenvalue weighted by Crippen LogP contribution is 2.36. The van der Waals surface area contributed by atoms with Gasteiger partial charge in [-0.05, 0) is 18.2 Å². The minimum absolute atomic E-state index is 0.00139. The van der Waals surface area contributed by atoms with Crippen molar-refractivity contribution < 1.29 is 24.4 Å². The van der Waals surface area contributed by atoms with Crippen LogP contribution in [0.5, 0.6) is 11.5 Å². The first kappa shape index (κ1) is 21.7. The molecule has 0 bridgehead atoms. The lowest BCUT2D eigenvalue weighted by atomic mass is 10.2. The van der Waals surface area contributed by atoms with E-state index in [1.807, 2.05) is 6.07 Å². The van der Waals surface area contributed by atoms with Crippen LogP contribution in [0.3, 0.4) is 0 Å². The fraction of sp³-hybridized carbons (Fsp3) is 0.167. The maximum atomic E-state index is 11.8. The number of nitrogens with zero attached hydrogens (tertiary/aromatic N) is 2. The van der Waals surface area contributed by atoms with Gasteiger partial charge in [0.15, 0.2) is 5.75 Å². The van der Waals surface area contributed by atoms with Crippen molar-refractivity contribution in [1.29, 1.82) is 0 Å². The summed E-state index contributed by atoms with van der Waals surface area (Å²) in [6.45, 7) is 0. The van der Waals surface area contributed by atoms with Crippen LogP contribution in [0.1, 0.15) is 5.56 Å². The number of aromatic hydroxyl groups is 1. The zero-order chi connectivity index (χ0) is 21.2. The summed E-state index contributed by atoms with van der Waals surface area (Å²) >= 11 is 1.11. The van der Waals surface area contributed by atoms with Gasteiger partial charge < -0.3 is 15.2 Å². The van der Waals surface area contributed by atoms with E-state index in [9.17, 15) is 24.8 Å². The standard InChI is InChI=1S/C18H18N4O6S/c1-28-15-8-12(7-14(18(15)25)22(26)27)9-19-21-17(24)11-29-10-16(23)20-13-5-3-2-4-6-13/h2-9,25H,10-11H2,1H3,(H,20,23)(H,21,24)/b19-9+. The number of benzene rings is 2. The fourth-order valence-corrected chi connectivity index (χ4v) is 2.76. The molecule has 2 rings (SSSR count). The Morgan fingerprint density at radius 3 is 2.59 bits per heavy atom. The predicted octanol–water partition coefficient (Wildman–Crippen LogP) is 2.13. The summed E-state index contributed by atoms with van der Waals surface area (Å²) in [6.07, 6.45) is 1.18. The number of methoxy groups -OCH3 is 1. The minimum Gasteiger partial charge on any atom is -0.500 e. The van der Waals surface area contributed by atoms with E-state index in [-0.39, 0.29) is 28.7 Å². The molecule has 0 aliphatic heterocycles. The zero-order valence-electron chi connectivity index (χ0n) is 15.3. The van der Waals surface area contributed by atoms with Crippen LogP contribution in [0.2, 0.25) is 0 Å². The van der Waals surface area contributed by atoms with Crippen LogP contribution in [-0.2, 0) is 9.59 Å². The van der Waals surface area contributed by atoms with Crippen LogP contribution in [0, 0.1) is 10.1 Å². The number of anilines is 1. The van der Waals surface area contributed by atoms with Crippen LogP contribution in [-0.4, -0.2) is 46.7 Å². The van der Waals surface area contributed by atoms with Gasteiger partial charge in [-0.3, -0.25) is 19.7 Å². The second-order valence-electron chi connectivity index (χ2n) is 5.55. The molecule has 2 amide bonds. The number of phenolic OH excluding ortho intramolecular Hbond substituents is 1. The molecule has 3 N–H and O–H groups in total. The van der Waals surface area contributed by atoms with Gasteiger partial charge in [-0.25, -0.2) is 5.43 Å². The number of rotatable bonds is 9. The number of nitro groups is 1. The average molecular weight is 418 g/mol. The molecule has 0 fully saturated rings. The second-order valence-corrected chi connectivity index (χ2v) is 6.53. The number of amides is 2. The molecule has 0 heterocycles. The van der Waals surface area contributed by atoms with Crippen molar-refractivity contribution in [1.82, 2.24) is 5.43 Å². The van der Waals surface area contributed by atoms with Gasteiger partial charge in [-0.2, -0.15) is 5.10 Å². The van der Waals surface area contributed by atoms with E-state index in [2.05, 4.69) is 15.8 Å². The van der Waals surface area contributed by atoms with E-state index in [4.69, 9.17) is 4.74 Å². The Hall–Kier alpha value is -3.60. The number of thioether (sulfide) groups is 1. The van der Waals surface area contributed by atoms with Gasteiger partial charge in [-0.15, -0.1) is 11.8 Å². The average Bonchev–Trinajstić information content (AvgIpc) is 2.69. The van der Waals surface area contributed by atoms with Crippen LogP contribution in [0.4, 0.5) is 11.4 Å². The topological polar surface area (TPSA) is 143 Å². The molecular weight excluding hydrogens is 400 g/mol. The van der Waals surface area contributed by atoms with Gasteiger partial charge in [0.2, 0.25) is 17.6 Å². The van der Waals surface area contributed by atoms with Crippen molar-refractivity contribution in [2.45, 2.75) is 0 Å². The normalized spacial score (nSPS) is 10.5. The summed E-state index contributed by atoms with van der Waals surface area (Å²) in [5, 5.41) is 27.1. The number of phenols is 1. The Kier molecular flexibility index (Phi) is 7.98. The maximum Gasteiger partial charge on any atom is 0.315 e. The molecule has 29 heavy (non-hydrogen) atoms. The molecule has 0 spiro atoms. The van der Waals surface area contributed by atoms with Crippen LogP contribution >= 0.6 is 11.8 Å². The summed E-state index contributed by atoms with van der Waals surface area (Å²) in [4.78, 5) is 33.8. The summed E-state index contributed by atoms with van der Waals surface area (Å²) in [5.41, 5.74) is 2.64. The number of ether oxygens (including phenoxy) is 1. The lowest BCUT2D eigenvalue weighted by Crippen LogP contribution is -2.21. The molecule has 0 radical (unpaired) electrons. The van der Waals surface area contributed by atoms with E-state index in [1.54, 1.807) is 24.3 Å². The molecule has 0 saturated heterocycles. The highest BCUT2D eigenvalue weighted by molar-refractivity contribution is 8.00. The SMILES string of the molecule is COc1cc(/C=N/NC(=O)CSCC(=O)Nc2ccccc2)cc([N+](=O)[O-])c1O. The second kappa shape index (κ2) is 10.7. The summed E-state index contributed by atoms with van der Waals surface area (Å²) in [5.74, 6) is -1.28. The summed E-state index contributed by atoms with van der Waals surface area (Å²) < 4.78 is 4.88. The number of para-hydroxylation sites is 1. The first-order valence-electron chi connectivity index (χ1n) is 8.20. The van der Waals surface area contributed by atoms with Crippen LogP contribution in [0.15, 0.2) is 47.6 Å². The number of nitrogens with one attached hydrogen (secondary N) is 2. The maximum absolute atomic E-state index is 11.8. The molecule has 0 aliphatic rings. The van der Waals surface area contributed by atoms with E-state index >= 15 is 0 Å². The highest BCUT2D eigenvalue weighted by atomic mass is 32.2. The Morgan fingerprint density at radius 2 is 1.93 bits per heavy atom. The molecule has 0 aliphatic carbocycles. The third-order valence-corrected chi connectivity index (χ3v) is 4.35. The van der Waals surface area contributed by atoms with E-state index in [0.717, 1.165) is 17.8 Å². The Morgan fingerprint density at radius 1 is 1.24 bits per heavy atom. The number of hydrogen-bond donors (Lipinski definition) is 3. The Balaban J connectivity index is 1.81. The first-order chi connectivity index (χ1) is 13.9. The smallest absolute Gasteiger partial charge is 0.315 e. The Bertz CT molecular complexity index is 920. The molecule has 152 valence electrons. The third kappa shape index (κ3) is 6.81. The van der Waals surface area contributed by atoms with Gasteiger partial charge in [0, 0.05) is 17.3 Å². The third-order valence-electron chi connectivity index (χ3n) is 3.42. The molecule has 10 nitrogen and oxygen atoms in total. The van der Waals surface area contributed by atoms with Crippen molar-refractivity contribution in [3.05, 3.63) is 58.1 Å². The quantitative estimate of drug-likeness (QED) is 0.321. The van der Waals surface area contributed by atoms with Crippen LogP contribution in [0.25, 0.3) is 0 Å². The number of carbonyl (C=O) groups is 2. The summed E-state index contributed by atoms with van der Waals surface area (Å²) in [6, 6.07) is 11.4. The number of hydrogen-bond acceptors (Lipinski definition) is 8. The molecule has 0 saturated carbocycles. The lowest BCUT2D eigenvalue weighted by molar-refractivity contribution is -0.386. The van der Waals surface area contributed by atoms with Crippen molar-refractivity contribution in [3.63, 3.8) is 0 Å². The van der Waals surface area contributed by atoms with Crippen molar-refractivity contribution in [2.24, 2.45) is 5.10 Å². The number of carbonyl (C=O) groups excluding carboxylic acids is 2. The molecule has 2 aromatic rings. The predicted molar refractivity (Wildman–Crippen MR) is 109 cm³/mol. The molecular formula is C18H18N4O6S. The van der Waals surface area contributed by atoms with Crippen molar-refractivity contribution in [3.8, 4) is 11.5 Å². The highest BCUT2D eigenvalue weighted by Gasteiger charge is 2.19. The Labute approximate surface area is 170 Å². The molecule has 0 aromatic heterocycles. The van der Waals surface area contributed by atoms with Crippen LogP contribution < -0.4 is 15.5 Å². The van der Waals surface area contributed by atoms with E-state index < -0.39 is 22.3 Å². The first-order valence-corrected chi connectivity index (χ1v) is 9.36. The van der Waals surface area contributed by atoms with Crippen molar-refractivity contribution in [2.75, 3.05) is 23.9 Å². The summed E-state index contributed by atoms with van der Waals surface area (Å²) in [7, 11) is 1.26. The van der Waals surface area contributed by atoms with Gasteiger partial charge in [0.25, 0.3) is 0 Å². The molecule has 0 atom stereocenters. The van der Waals surface area contributed by atoms with Gasteiger partial charge in [-0.1, -0.05) is 18.2 Å². The number of nitro benzene ring substituents is 1. The van der Waals surface area contributed by atoms with Gasteiger partial charge in [0.1, 0.15) is 0 Å². The molecule has 11 heteroatoms. The fourth-order valence-electron chi connectivity index (χ4n) is 2.15. The monoisotopic (exact) mass is 418 g/mol. The van der Waals surface area contributed by atoms with E-state index in [0.29, 0.717) is 5.69 Å². The lowest BCUT2D eigenvalue weighted by Gasteiger charge is -2.05. The van der Waals surface area contributed by atoms with Crippen molar-refractivity contribution >= 4 is 41.2 Å². The van der Waals surface area contributed by atoms with Gasteiger partial charge in [0.05, 0.1) is 29.8 Å². The molecule has 2 aromatic carbocycles. The van der Waals surface area contributed by atoms with Gasteiger partial charge >= 0.3 is 5.69 Å². The number of hydrazone groups is 1. The molecule has 0 unspecified atom stereocenters. The zero-order valence-corrected chi connectivity index (χ0v) is 16.1. The van der Waals surface area contributed by atoms with E-state index in [1.165, 1.54) is 19.4 Å².